The van der Waals surface area contributed by atoms with E-state index in [0.717, 1.165) is 16.5 Å². The number of para-hydroxylation sites is 1. The van der Waals surface area contributed by atoms with E-state index in [2.05, 4.69) is 10.3 Å². The Morgan fingerprint density at radius 2 is 1.92 bits per heavy atom. The molecule has 6 nitrogen and oxygen atoms in total. The number of benzene rings is 2. The van der Waals surface area contributed by atoms with E-state index in [1.807, 2.05) is 30.3 Å². The third-order valence-electron chi connectivity index (χ3n) is 3.68. The Balaban J connectivity index is 1.79. The first-order valence-electron chi connectivity index (χ1n) is 7.30. The topological polar surface area (TPSA) is 105 Å². The summed E-state index contributed by atoms with van der Waals surface area (Å²) in [7, 11) is 0. The van der Waals surface area contributed by atoms with Gasteiger partial charge in [-0.25, -0.2) is 0 Å². The van der Waals surface area contributed by atoms with Crippen molar-refractivity contribution in [3.8, 4) is 5.75 Å². The Kier molecular flexibility index (Phi) is 4.11. The third kappa shape index (κ3) is 3.03. The minimum absolute atomic E-state index is 0.0770. The lowest BCUT2D eigenvalue weighted by atomic mass is 10.1. The molecule has 2 aromatic carbocycles. The summed E-state index contributed by atoms with van der Waals surface area (Å²) in [5.74, 6) is -1.41. The Labute approximate surface area is 137 Å². The number of fused-ring (bicyclic) bond motifs is 1. The van der Waals surface area contributed by atoms with Gasteiger partial charge in [-0.3, -0.25) is 14.6 Å². The first-order valence-corrected chi connectivity index (χ1v) is 7.30. The number of pyridine rings is 1. The van der Waals surface area contributed by atoms with E-state index in [0.29, 0.717) is 0 Å². The van der Waals surface area contributed by atoms with Gasteiger partial charge in [0.1, 0.15) is 5.75 Å². The fraction of sp³-hybridized carbons (Fsp3) is 0.0556. The van der Waals surface area contributed by atoms with Gasteiger partial charge in [0.05, 0.1) is 11.1 Å². The van der Waals surface area contributed by atoms with E-state index in [4.69, 9.17) is 5.73 Å². The maximum Gasteiger partial charge on any atom is 0.255 e. The first-order chi connectivity index (χ1) is 11.6. The molecule has 0 aliphatic heterocycles. The molecule has 3 rings (SSSR count). The van der Waals surface area contributed by atoms with E-state index in [-0.39, 0.29) is 23.4 Å². The quantitative estimate of drug-likeness (QED) is 0.683. The number of hydrogen-bond acceptors (Lipinski definition) is 4. The Morgan fingerprint density at radius 3 is 2.67 bits per heavy atom. The van der Waals surface area contributed by atoms with Gasteiger partial charge in [0, 0.05) is 23.7 Å². The van der Waals surface area contributed by atoms with Crippen LogP contribution in [0.25, 0.3) is 10.9 Å². The molecule has 0 radical (unpaired) electrons. The molecule has 6 heteroatoms. The summed E-state index contributed by atoms with van der Waals surface area (Å²) in [6, 6.07) is 13.5. The van der Waals surface area contributed by atoms with E-state index in [1.54, 1.807) is 6.20 Å². The zero-order valence-corrected chi connectivity index (χ0v) is 12.7. The summed E-state index contributed by atoms with van der Waals surface area (Å²) in [4.78, 5) is 27.6. The maximum absolute atomic E-state index is 12.2. The summed E-state index contributed by atoms with van der Waals surface area (Å²) in [5, 5.41) is 13.6. The number of amides is 2. The minimum Gasteiger partial charge on any atom is -0.507 e. The average molecular weight is 321 g/mol. The van der Waals surface area contributed by atoms with Crippen molar-refractivity contribution in [3.63, 3.8) is 0 Å². The Morgan fingerprint density at radius 1 is 1.12 bits per heavy atom. The van der Waals surface area contributed by atoms with Crippen molar-refractivity contribution in [1.29, 1.82) is 0 Å². The molecule has 0 bridgehead atoms. The van der Waals surface area contributed by atoms with Crippen LogP contribution in [-0.2, 0) is 6.54 Å². The summed E-state index contributed by atoms with van der Waals surface area (Å²) in [5.41, 5.74) is 7.04. The molecule has 0 spiro atoms. The van der Waals surface area contributed by atoms with Crippen LogP contribution in [0.4, 0.5) is 0 Å². The molecule has 0 aliphatic carbocycles. The smallest absolute Gasteiger partial charge is 0.255 e. The monoisotopic (exact) mass is 321 g/mol. The Hall–Kier alpha value is -3.41. The van der Waals surface area contributed by atoms with Gasteiger partial charge in [0.25, 0.3) is 5.91 Å². The van der Waals surface area contributed by atoms with Crippen molar-refractivity contribution < 1.29 is 14.7 Å². The van der Waals surface area contributed by atoms with E-state index in [9.17, 15) is 14.7 Å². The molecule has 0 saturated heterocycles. The number of hydrogen-bond donors (Lipinski definition) is 3. The largest absolute Gasteiger partial charge is 0.507 e. The molecule has 3 aromatic rings. The van der Waals surface area contributed by atoms with Gasteiger partial charge >= 0.3 is 0 Å². The molecule has 0 saturated carbocycles. The van der Waals surface area contributed by atoms with E-state index >= 15 is 0 Å². The summed E-state index contributed by atoms with van der Waals surface area (Å²) < 4.78 is 0. The minimum atomic E-state index is -0.668. The summed E-state index contributed by atoms with van der Waals surface area (Å²) in [6.45, 7) is 0.268. The van der Waals surface area contributed by atoms with Crippen LogP contribution < -0.4 is 11.1 Å². The molecule has 1 heterocycles. The molecule has 120 valence electrons. The van der Waals surface area contributed by atoms with Gasteiger partial charge in [0.15, 0.2) is 0 Å². The zero-order valence-electron chi connectivity index (χ0n) is 12.7. The van der Waals surface area contributed by atoms with Crippen LogP contribution in [0, 0.1) is 0 Å². The van der Waals surface area contributed by atoms with Crippen molar-refractivity contribution in [2.75, 3.05) is 0 Å². The number of rotatable bonds is 4. The molecule has 1 aromatic heterocycles. The number of carbonyl (C=O) groups excluding carboxylic acids is 2. The SMILES string of the molecule is NC(=O)c1ccc(C(=O)NCc2cccc3cccnc23)c(O)c1. The van der Waals surface area contributed by atoms with Crippen molar-refractivity contribution in [2.45, 2.75) is 6.54 Å². The highest BCUT2D eigenvalue weighted by atomic mass is 16.3. The fourth-order valence-corrected chi connectivity index (χ4v) is 2.46. The normalized spacial score (nSPS) is 10.5. The highest BCUT2D eigenvalue weighted by Crippen LogP contribution is 2.19. The van der Waals surface area contributed by atoms with Crippen LogP contribution in [-0.4, -0.2) is 21.9 Å². The van der Waals surface area contributed by atoms with Crippen molar-refractivity contribution in [1.82, 2.24) is 10.3 Å². The molecule has 4 N–H and O–H groups in total. The van der Waals surface area contributed by atoms with Gasteiger partial charge in [0.2, 0.25) is 5.91 Å². The number of aromatic nitrogens is 1. The van der Waals surface area contributed by atoms with Crippen LogP contribution in [0.5, 0.6) is 5.75 Å². The number of nitrogens with one attached hydrogen (secondary N) is 1. The lowest BCUT2D eigenvalue weighted by Gasteiger charge is -2.09. The zero-order chi connectivity index (χ0) is 17.1. The second-order valence-corrected chi connectivity index (χ2v) is 5.27. The molecular weight excluding hydrogens is 306 g/mol. The van der Waals surface area contributed by atoms with Gasteiger partial charge in [-0.05, 0) is 29.8 Å². The average Bonchev–Trinajstić information content (AvgIpc) is 2.59. The maximum atomic E-state index is 12.2. The predicted molar refractivity (Wildman–Crippen MR) is 89.5 cm³/mol. The van der Waals surface area contributed by atoms with Crippen LogP contribution in [0.3, 0.4) is 0 Å². The van der Waals surface area contributed by atoms with Crippen LogP contribution in [0.2, 0.25) is 0 Å². The van der Waals surface area contributed by atoms with Gasteiger partial charge in [-0.1, -0.05) is 24.3 Å². The highest BCUT2D eigenvalue weighted by molar-refractivity contribution is 5.99. The van der Waals surface area contributed by atoms with E-state index < -0.39 is 11.8 Å². The lowest BCUT2D eigenvalue weighted by Crippen LogP contribution is -2.23. The highest BCUT2D eigenvalue weighted by Gasteiger charge is 2.13. The second kappa shape index (κ2) is 6.37. The number of nitrogens with two attached hydrogens (primary N) is 1. The molecule has 0 fully saturated rings. The van der Waals surface area contributed by atoms with Crippen molar-refractivity contribution >= 4 is 22.7 Å². The molecule has 0 unspecified atom stereocenters. The molecule has 2 amide bonds. The molecule has 24 heavy (non-hydrogen) atoms. The summed E-state index contributed by atoms with van der Waals surface area (Å²) >= 11 is 0. The Bertz CT molecular complexity index is 932. The standard InChI is InChI=1S/C18H15N3O3/c19-17(23)12-6-7-14(15(22)9-12)18(24)21-10-13-4-1-3-11-5-2-8-20-16(11)13/h1-9,22H,10H2,(H2,19,23)(H,21,24). The number of phenols is 1. The number of primary amides is 1. The number of carbonyl (C=O) groups is 2. The number of nitrogens with zero attached hydrogens (tertiary/aromatic N) is 1. The molecular formula is C18H15N3O3. The second-order valence-electron chi connectivity index (χ2n) is 5.27. The predicted octanol–water partition coefficient (Wildman–Crippen LogP) is 1.97. The number of aromatic hydroxyl groups is 1. The van der Waals surface area contributed by atoms with Crippen molar-refractivity contribution in [2.24, 2.45) is 5.73 Å². The summed E-state index contributed by atoms with van der Waals surface area (Å²) in [6.07, 6.45) is 1.70. The van der Waals surface area contributed by atoms with Gasteiger partial charge < -0.3 is 16.2 Å². The van der Waals surface area contributed by atoms with E-state index in [1.165, 1.54) is 18.2 Å². The molecule has 0 atom stereocenters. The first kappa shape index (κ1) is 15.5. The third-order valence-corrected chi connectivity index (χ3v) is 3.68. The van der Waals surface area contributed by atoms with Crippen LogP contribution in [0.1, 0.15) is 26.3 Å². The van der Waals surface area contributed by atoms with Gasteiger partial charge in [-0.2, -0.15) is 0 Å². The fourth-order valence-electron chi connectivity index (χ4n) is 2.46. The molecule has 0 aliphatic rings. The van der Waals surface area contributed by atoms with Crippen molar-refractivity contribution in [3.05, 3.63) is 71.4 Å². The lowest BCUT2D eigenvalue weighted by molar-refractivity contribution is 0.0945. The van der Waals surface area contributed by atoms with Crippen LogP contribution in [0.15, 0.2) is 54.7 Å². The number of phenolic OH excluding ortho intramolecular Hbond substituents is 1. The van der Waals surface area contributed by atoms with Crippen LogP contribution >= 0.6 is 0 Å². The van der Waals surface area contributed by atoms with Gasteiger partial charge in [-0.15, -0.1) is 0 Å².